The average molecular weight is 338 g/mol. The normalized spacial score (nSPS) is 10.3. The number of aliphatic hydroxyl groups is 1. The molecule has 0 aliphatic carbocycles. The number of phenolic OH excluding ortho intramolecular Hbond substituents is 1. The van der Waals surface area contributed by atoms with Crippen LogP contribution in [0.3, 0.4) is 0 Å². The lowest BCUT2D eigenvalue weighted by atomic mass is 10.1. The van der Waals surface area contributed by atoms with Gasteiger partial charge in [0.1, 0.15) is 0 Å². The number of benzene rings is 2. The Bertz CT molecular complexity index is 602. The zero-order chi connectivity index (χ0) is 14.5. The van der Waals surface area contributed by atoms with Crippen molar-refractivity contribution < 1.29 is 14.9 Å². The molecule has 0 amide bonds. The van der Waals surface area contributed by atoms with Crippen molar-refractivity contribution in [2.75, 3.05) is 12.4 Å². The molecule has 4 nitrogen and oxygen atoms in total. The van der Waals surface area contributed by atoms with Crippen molar-refractivity contribution >= 4 is 21.6 Å². The topological polar surface area (TPSA) is 61.7 Å². The van der Waals surface area contributed by atoms with E-state index in [4.69, 9.17) is 4.74 Å². The molecular weight excluding hydrogens is 322 g/mol. The second kappa shape index (κ2) is 6.63. The predicted molar refractivity (Wildman–Crippen MR) is 82.1 cm³/mol. The van der Waals surface area contributed by atoms with E-state index in [-0.39, 0.29) is 12.4 Å². The summed E-state index contributed by atoms with van der Waals surface area (Å²) in [6.07, 6.45) is 0. The molecule has 0 aliphatic heterocycles. The highest BCUT2D eigenvalue weighted by atomic mass is 79.9. The Morgan fingerprint density at radius 3 is 2.70 bits per heavy atom. The molecule has 106 valence electrons. The van der Waals surface area contributed by atoms with E-state index < -0.39 is 0 Å². The number of hydrogen-bond donors (Lipinski definition) is 3. The lowest BCUT2D eigenvalue weighted by molar-refractivity contribution is 0.282. The second-order valence-electron chi connectivity index (χ2n) is 4.30. The van der Waals surface area contributed by atoms with E-state index in [1.54, 1.807) is 6.07 Å². The fourth-order valence-electron chi connectivity index (χ4n) is 1.91. The third-order valence-corrected chi connectivity index (χ3v) is 3.58. The first-order chi connectivity index (χ1) is 9.65. The molecule has 0 bridgehead atoms. The van der Waals surface area contributed by atoms with Crippen LogP contribution in [0, 0.1) is 0 Å². The van der Waals surface area contributed by atoms with E-state index in [0.29, 0.717) is 16.8 Å². The lowest BCUT2D eigenvalue weighted by Crippen LogP contribution is -2.03. The van der Waals surface area contributed by atoms with Crippen LogP contribution in [0.1, 0.15) is 11.1 Å². The van der Waals surface area contributed by atoms with Gasteiger partial charge in [0.2, 0.25) is 0 Å². The van der Waals surface area contributed by atoms with E-state index in [9.17, 15) is 10.2 Å². The molecule has 0 saturated heterocycles. The van der Waals surface area contributed by atoms with Gasteiger partial charge in [-0.1, -0.05) is 18.2 Å². The summed E-state index contributed by atoms with van der Waals surface area (Å²) in [5.74, 6) is 0.513. The smallest absolute Gasteiger partial charge is 0.172 e. The summed E-state index contributed by atoms with van der Waals surface area (Å²) in [7, 11) is 1.51. The number of nitrogens with one attached hydrogen (secondary N) is 1. The third-order valence-electron chi connectivity index (χ3n) is 2.98. The Morgan fingerprint density at radius 1 is 1.25 bits per heavy atom. The highest BCUT2D eigenvalue weighted by Gasteiger charge is 2.09. The summed E-state index contributed by atoms with van der Waals surface area (Å²) in [5, 5.41) is 22.3. The number of aliphatic hydroxyl groups excluding tert-OH is 1. The van der Waals surface area contributed by atoms with E-state index >= 15 is 0 Å². The number of halogens is 1. The lowest BCUT2D eigenvalue weighted by Gasteiger charge is -2.12. The Kier molecular flexibility index (Phi) is 4.87. The van der Waals surface area contributed by atoms with Gasteiger partial charge in [-0.15, -0.1) is 0 Å². The summed E-state index contributed by atoms with van der Waals surface area (Å²) >= 11 is 3.29. The number of anilines is 1. The monoisotopic (exact) mass is 337 g/mol. The minimum Gasteiger partial charge on any atom is -0.503 e. The number of para-hydroxylation sites is 1. The summed E-state index contributed by atoms with van der Waals surface area (Å²) in [6, 6.07) is 11.2. The van der Waals surface area contributed by atoms with Crippen LogP contribution in [-0.4, -0.2) is 17.3 Å². The van der Waals surface area contributed by atoms with Gasteiger partial charge in [0.25, 0.3) is 0 Å². The van der Waals surface area contributed by atoms with Crippen molar-refractivity contribution in [1.29, 1.82) is 0 Å². The molecule has 2 rings (SSSR count). The van der Waals surface area contributed by atoms with Crippen LogP contribution in [0.5, 0.6) is 11.5 Å². The number of phenols is 1. The zero-order valence-corrected chi connectivity index (χ0v) is 12.6. The molecule has 0 saturated carbocycles. The van der Waals surface area contributed by atoms with Crippen LogP contribution in [0.15, 0.2) is 40.9 Å². The molecule has 0 aliphatic rings. The molecule has 0 fully saturated rings. The molecule has 2 aromatic carbocycles. The average Bonchev–Trinajstić information content (AvgIpc) is 2.48. The standard InChI is InChI=1S/C15H16BrNO3/c1-20-14-7-10(6-12(16)15(14)19)8-17-13-5-3-2-4-11(13)9-18/h2-7,17-19H,8-9H2,1H3. The Morgan fingerprint density at radius 2 is 2.00 bits per heavy atom. The SMILES string of the molecule is COc1cc(CNc2ccccc2CO)cc(Br)c1O. The van der Waals surface area contributed by atoms with Gasteiger partial charge < -0.3 is 20.3 Å². The summed E-state index contributed by atoms with van der Waals surface area (Å²) in [6.45, 7) is 0.554. The Labute approximate surface area is 126 Å². The minimum absolute atomic E-state index is 0.00817. The van der Waals surface area contributed by atoms with Crippen molar-refractivity contribution in [3.05, 3.63) is 52.0 Å². The van der Waals surface area contributed by atoms with E-state index in [1.165, 1.54) is 7.11 Å². The second-order valence-corrected chi connectivity index (χ2v) is 5.15. The first-order valence-corrected chi connectivity index (χ1v) is 6.93. The van der Waals surface area contributed by atoms with E-state index in [1.807, 2.05) is 30.3 Å². The van der Waals surface area contributed by atoms with Crippen LogP contribution >= 0.6 is 15.9 Å². The van der Waals surface area contributed by atoms with E-state index in [0.717, 1.165) is 16.8 Å². The van der Waals surface area contributed by atoms with Gasteiger partial charge in [-0.05, 0) is 39.7 Å². The highest BCUT2D eigenvalue weighted by Crippen LogP contribution is 2.35. The Balaban J connectivity index is 2.17. The molecule has 0 spiro atoms. The molecule has 20 heavy (non-hydrogen) atoms. The number of methoxy groups -OCH3 is 1. The summed E-state index contributed by atoms with van der Waals surface area (Å²) in [5.41, 5.74) is 2.69. The van der Waals surface area contributed by atoms with Gasteiger partial charge in [0.15, 0.2) is 11.5 Å². The largest absolute Gasteiger partial charge is 0.503 e. The molecule has 3 N–H and O–H groups in total. The van der Waals surface area contributed by atoms with Gasteiger partial charge in [-0.25, -0.2) is 0 Å². The first-order valence-electron chi connectivity index (χ1n) is 6.13. The van der Waals surface area contributed by atoms with Gasteiger partial charge in [-0.2, -0.15) is 0 Å². The van der Waals surface area contributed by atoms with Gasteiger partial charge in [0, 0.05) is 17.8 Å². The molecule has 0 atom stereocenters. The van der Waals surface area contributed by atoms with E-state index in [2.05, 4.69) is 21.2 Å². The molecule has 2 aromatic rings. The molecule has 0 aromatic heterocycles. The fraction of sp³-hybridized carbons (Fsp3) is 0.200. The van der Waals surface area contributed by atoms with Crippen molar-refractivity contribution in [1.82, 2.24) is 0 Å². The Hall–Kier alpha value is -1.72. The maximum atomic E-state index is 9.76. The number of aromatic hydroxyl groups is 1. The predicted octanol–water partition coefficient (Wildman–Crippen LogP) is 3.27. The molecular formula is C15H16BrNO3. The number of rotatable bonds is 5. The molecule has 0 heterocycles. The fourth-order valence-corrected chi connectivity index (χ4v) is 2.40. The maximum Gasteiger partial charge on any atom is 0.172 e. The van der Waals surface area contributed by atoms with Crippen molar-refractivity contribution in [3.8, 4) is 11.5 Å². The quantitative estimate of drug-likeness (QED) is 0.783. The maximum absolute atomic E-state index is 9.76. The first kappa shape index (κ1) is 14.7. The van der Waals surface area contributed by atoms with Crippen molar-refractivity contribution in [3.63, 3.8) is 0 Å². The third kappa shape index (κ3) is 3.23. The minimum atomic E-state index is -0.00817. The van der Waals surface area contributed by atoms with Crippen LogP contribution in [0.4, 0.5) is 5.69 Å². The number of ether oxygens (including phenoxy) is 1. The summed E-state index contributed by atoms with van der Waals surface area (Å²) < 4.78 is 5.70. The van der Waals surface area contributed by atoms with Crippen LogP contribution in [0.2, 0.25) is 0 Å². The van der Waals surface area contributed by atoms with Crippen LogP contribution < -0.4 is 10.1 Å². The van der Waals surface area contributed by atoms with Crippen molar-refractivity contribution in [2.24, 2.45) is 0 Å². The van der Waals surface area contributed by atoms with Gasteiger partial charge >= 0.3 is 0 Å². The molecule has 0 unspecified atom stereocenters. The zero-order valence-electron chi connectivity index (χ0n) is 11.1. The van der Waals surface area contributed by atoms with Crippen LogP contribution in [0.25, 0.3) is 0 Å². The molecule has 5 heteroatoms. The van der Waals surface area contributed by atoms with Crippen molar-refractivity contribution in [2.45, 2.75) is 13.2 Å². The highest BCUT2D eigenvalue weighted by molar-refractivity contribution is 9.10. The van der Waals surface area contributed by atoms with Gasteiger partial charge in [-0.3, -0.25) is 0 Å². The van der Waals surface area contributed by atoms with Crippen LogP contribution in [-0.2, 0) is 13.2 Å². The molecule has 0 radical (unpaired) electrons. The summed E-state index contributed by atoms with van der Waals surface area (Å²) in [4.78, 5) is 0. The number of hydrogen-bond acceptors (Lipinski definition) is 4. The van der Waals surface area contributed by atoms with Gasteiger partial charge in [0.05, 0.1) is 18.2 Å².